The van der Waals surface area contributed by atoms with Gasteiger partial charge in [0.2, 0.25) is 5.91 Å². The van der Waals surface area contributed by atoms with Crippen LogP contribution >= 0.6 is 27.3 Å². The van der Waals surface area contributed by atoms with Crippen LogP contribution in [0.25, 0.3) is 0 Å². The summed E-state index contributed by atoms with van der Waals surface area (Å²) in [4.78, 5) is 38.6. The Balaban J connectivity index is 1.82. The number of amides is 2. The van der Waals surface area contributed by atoms with E-state index in [1.807, 2.05) is 31.2 Å². The van der Waals surface area contributed by atoms with Gasteiger partial charge in [-0.1, -0.05) is 28.1 Å². The molecule has 0 spiro atoms. The van der Waals surface area contributed by atoms with E-state index in [1.165, 1.54) is 12.3 Å². The van der Waals surface area contributed by atoms with Crippen molar-refractivity contribution in [1.82, 2.24) is 10.3 Å². The molecule has 2 amide bonds. The predicted molar refractivity (Wildman–Crippen MR) is 97.4 cm³/mol. The number of aromatic nitrogens is 1. The van der Waals surface area contributed by atoms with E-state index in [0.29, 0.717) is 5.13 Å². The molecule has 0 aliphatic rings. The van der Waals surface area contributed by atoms with Gasteiger partial charge in [0.15, 0.2) is 17.4 Å². The number of anilines is 1. The Bertz CT molecular complexity index is 776. The molecule has 0 aliphatic carbocycles. The number of benzene rings is 1. The zero-order chi connectivity index (χ0) is 18.4. The molecule has 1 aromatic carbocycles. The summed E-state index contributed by atoms with van der Waals surface area (Å²) in [6, 6.07) is 7.32. The van der Waals surface area contributed by atoms with Crippen molar-refractivity contribution in [3.63, 3.8) is 0 Å². The Morgan fingerprint density at radius 2 is 1.96 bits per heavy atom. The first-order valence-electron chi connectivity index (χ1n) is 7.30. The van der Waals surface area contributed by atoms with Gasteiger partial charge in [-0.25, -0.2) is 9.78 Å². The van der Waals surface area contributed by atoms with E-state index >= 15 is 0 Å². The number of ether oxygens (including phenoxy) is 1. The van der Waals surface area contributed by atoms with Crippen molar-refractivity contribution in [3.05, 3.63) is 45.4 Å². The van der Waals surface area contributed by atoms with Crippen LogP contribution in [-0.4, -0.2) is 29.4 Å². The van der Waals surface area contributed by atoms with Crippen molar-refractivity contribution >= 4 is 50.2 Å². The summed E-state index contributed by atoms with van der Waals surface area (Å²) >= 11 is 4.45. The summed E-state index contributed by atoms with van der Waals surface area (Å²) in [6.07, 6.45) is 0. The Labute approximate surface area is 156 Å². The van der Waals surface area contributed by atoms with Crippen molar-refractivity contribution in [2.75, 3.05) is 11.9 Å². The van der Waals surface area contributed by atoms with Gasteiger partial charge in [0.1, 0.15) is 0 Å². The lowest BCUT2D eigenvalue weighted by molar-refractivity contribution is -0.124. The summed E-state index contributed by atoms with van der Waals surface area (Å²) in [6.45, 7) is 2.77. The van der Waals surface area contributed by atoms with Crippen LogP contribution in [0.2, 0.25) is 0 Å². The largest absolute Gasteiger partial charge is 0.451 e. The average Bonchev–Trinajstić information content (AvgIpc) is 3.01. The summed E-state index contributed by atoms with van der Waals surface area (Å²) < 4.78 is 5.89. The van der Waals surface area contributed by atoms with Gasteiger partial charge in [0.25, 0.3) is 5.91 Å². The maximum atomic E-state index is 11.9. The van der Waals surface area contributed by atoms with Crippen LogP contribution in [0.15, 0.2) is 34.1 Å². The molecule has 25 heavy (non-hydrogen) atoms. The van der Waals surface area contributed by atoms with E-state index in [4.69, 9.17) is 4.74 Å². The molecular weight excluding hydrogens is 410 g/mol. The molecule has 0 bridgehead atoms. The maximum Gasteiger partial charge on any atom is 0.358 e. The van der Waals surface area contributed by atoms with Gasteiger partial charge >= 0.3 is 5.97 Å². The quantitative estimate of drug-likeness (QED) is 0.693. The summed E-state index contributed by atoms with van der Waals surface area (Å²) in [5.74, 6) is -1.42. The SMILES string of the molecule is CC(=O)Nc1nc(C(=O)OCC(=O)NC(C)c2ccc(Br)cc2)cs1. The van der Waals surface area contributed by atoms with Crippen molar-refractivity contribution in [1.29, 1.82) is 0 Å². The number of carbonyl (C=O) groups is 3. The Morgan fingerprint density at radius 3 is 2.60 bits per heavy atom. The lowest BCUT2D eigenvalue weighted by Gasteiger charge is -2.14. The summed E-state index contributed by atoms with van der Waals surface area (Å²) in [5.41, 5.74) is 0.977. The molecule has 0 saturated carbocycles. The van der Waals surface area contributed by atoms with E-state index in [9.17, 15) is 14.4 Å². The van der Waals surface area contributed by atoms with E-state index in [-0.39, 0.29) is 17.6 Å². The molecule has 9 heteroatoms. The lowest BCUT2D eigenvalue weighted by Crippen LogP contribution is -2.31. The molecule has 1 aromatic heterocycles. The van der Waals surface area contributed by atoms with E-state index < -0.39 is 18.5 Å². The van der Waals surface area contributed by atoms with Crippen molar-refractivity contribution in [3.8, 4) is 0 Å². The number of rotatable bonds is 6. The normalized spacial score (nSPS) is 11.5. The molecule has 0 aliphatic heterocycles. The third kappa shape index (κ3) is 5.95. The average molecular weight is 426 g/mol. The molecule has 1 unspecified atom stereocenters. The molecular formula is C16H16BrN3O4S. The monoisotopic (exact) mass is 425 g/mol. The van der Waals surface area contributed by atoms with Crippen molar-refractivity contribution in [2.24, 2.45) is 0 Å². The molecule has 0 fully saturated rings. The standard InChI is InChI=1S/C16H16BrN3O4S/c1-9(11-3-5-12(17)6-4-11)18-14(22)7-24-15(23)13-8-25-16(20-13)19-10(2)21/h3-6,8-9H,7H2,1-2H3,(H,18,22)(H,19,20,21). The number of nitrogens with one attached hydrogen (secondary N) is 2. The Morgan fingerprint density at radius 1 is 1.28 bits per heavy atom. The van der Waals surface area contributed by atoms with Crippen LogP contribution in [-0.2, 0) is 14.3 Å². The second-order valence-corrected chi connectivity index (χ2v) is 6.91. The number of hydrogen-bond acceptors (Lipinski definition) is 6. The molecule has 2 aromatic rings. The van der Waals surface area contributed by atoms with Crippen LogP contribution in [0.4, 0.5) is 5.13 Å². The zero-order valence-corrected chi connectivity index (χ0v) is 15.9. The van der Waals surface area contributed by atoms with Crippen molar-refractivity contribution in [2.45, 2.75) is 19.9 Å². The van der Waals surface area contributed by atoms with Gasteiger partial charge in [0, 0.05) is 16.8 Å². The topological polar surface area (TPSA) is 97.4 Å². The van der Waals surface area contributed by atoms with Gasteiger partial charge in [-0.05, 0) is 24.6 Å². The van der Waals surface area contributed by atoms with Gasteiger partial charge in [0.05, 0.1) is 6.04 Å². The van der Waals surface area contributed by atoms with Gasteiger partial charge in [-0.15, -0.1) is 11.3 Å². The second-order valence-electron chi connectivity index (χ2n) is 5.14. The molecule has 0 saturated heterocycles. The molecule has 2 rings (SSSR count). The fraction of sp³-hybridized carbons (Fsp3) is 0.250. The third-order valence-corrected chi connectivity index (χ3v) is 4.36. The fourth-order valence-electron chi connectivity index (χ4n) is 1.90. The fourth-order valence-corrected chi connectivity index (χ4v) is 2.89. The minimum atomic E-state index is -0.723. The number of thiazole rings is 1. The second kappa shape index (κ2) is 8.72. The predicted octanol–water partition coefficient (Wildman–Crippen LogP) is 2.90. The van der Waals surface area contributed by atoms with E-state index in [1.54, 1.807) is 0 Å². The number of carbonyl (C=O) groups excluding carboxylic acids is 3. The molecule has 0 radical (unpaired) electrons. The molecule has 7 nitrogen and oxygen atoms in total. The van der Waals surface area contributed by atoms with Crippen molar-refractivity contribution < 1.29 is 19.1 Å². The summed E-state index contributed by atoms with van der Waals surface area (Å²) in [5, 5.41) is 6.97. The van der Waals surface area contributed by atoms with Crippen LogP contribution in [0.1, 0.15) is 35.9 Å². The molecule has 2 N–H and O–H groups in total. The van der Waals surface area contributed by atoms with Crippen LogP contribution < -0.4 is 10.6 Å². The highest BCUT2D eigenvalue weighted by molar-refractivity contribution is 9.10. The number of nitrogens with zero attached hydrogens (tertiary/aromatic N) is 1. The molecule has 1 heterocycles. The summed E-state index contributed by atoms with van der Waals surface area (Å²) in [7, 11) is 0. The van der Waals surface area contributed by atoms with Crippen LogP contribution in [0.5, 0.6) is 0 Å². The van der Waals surface area contributed by atoms with Crippen LogP contribution in [0.3, 0.4) is 0 Å². The van der Waals surface area contributed by atoms with Crippen LogP contribution in [0, 0.1) is 0 Å². The van der Waals surface area contributed by atoms with Gasteiger partial charge in [-0.2, -0.15) is 0 Å². The minimum absolute atomic E-state index is 0.0440. The lowest BCUT2D eigenvalue weighted by atomic mass is 10.1. The number of esters is 1. The number of halogens is 1. The first-order valence-corrected chi connectivity index (χ1v) is 8.97. The first-order chi connectivity index (χ1) is 11.8. The molecule has 1 atom stereocenters. The minimum Gasteiger partial charge on any atom is -0.451 e. The van der Waals surface area contributed by atoms with Gasteiger partial charge in [-0.3, -0.25) is 9.59 Å². The smallest absolute Gasteiger partial charge is 0.358 e. The maximum absolute atomic E-state index is 11.9. The highest BCUT2D eigenvalue weighted by Gasteiger charge is 2.16. The highest BCUT2D eigenvalue weighted by atomic mass is 79.9. The van der Waals surface area contributed by atoms with E-state index in [0.717, 1.165) is 21.4 Å². The Kier molecular flexibility index (Phi) is 6.65. The Hall–Kier alpha value is -2.26. The third-order valence-electron chi connectivity index (χ3n) is 3.08. The number of hydrogen-bond donors (Lipinski definition) is 2. The first kappa shape index (κ1) is 19.1. The highest BCUT2D eigenvalue weighted by Crippen LogP contribution is 2.17. The molecule has 132 valence electrons. The van der Waals surface area contributed by atoms with E-state index in [2.05, 4.69) is 31.5 Å². The zero-order valence-electron chi connectivity index (χ0n) is 13.5. The van der Waals surface area contributed by atoms with Gasteiger partial charge < -0.3 is 15.4 Å².